The first kappa shape index (κ1) is 16.6. The van der Waals surface area contributed by atoms with Gasteiger partial charge in [0.15, 0.2) is 5.12 Å². The summed E-state index contributed by atoms with van der Waals surface area (Å²) < 4.78 is 0. The molecule has 5 heteroatoms. The van der Waals surface area contributed by atoms with E-state index >= 15 is 0 Å². The highest BCUT2D eigenvalue weighted by Gasteiger charge is 2.50. The summed E-state index contributed by atoms with van der Waals surface area (Å²) in [4.78, 5) is 26.9. The summed E-state index contributed by atoms with van der Waals surface area (Å²) in [6.07, 6.45) is 7.03. The number of carbonyl (C=O) groups excluding carboxylic acids is 2. The minimum absolute atomic E-state index is 0.0615. The molecule has 118 valence electrons. The second kappa shape index (κ2) is 7.45. The van der Waals surface area contributed by atoms with E-state index in [1.807, 2.05) is 6.26 Å². The van der Waals surface area contributed by atoms with Gasteiger partial charge in [0, 0.05) is 19.0 Å². The summed E-state index contributed by atoms with van der Waals surface area (Å²) in [5.74, 6) is 0.310. The van der Waals surface area contributed by atoms with Gasteiger partial charge in [-0.2, -0.15) is 0 Å². The molecule has 0 saturated heterocycles. The number of hydrogen-bond acceptors (Lipinski definition) is 4. The van der Waals surface area contributed by atoms with Crippen LogP contribution in [0.15, 0.2) is 12.2 Å². The third-order valence-electron chi connectivity index (χ3n) is 4.86. The van der Waals surface area contributed by atoms with Gasteiger partial charge in [-0.05, 0) is 37.6 Å². The molecule has 0 spiro atoms. The Hall–Kier alpha value is -0.810. The van der Waals surface area contributed by atoms with Crippen LogP contribution < -0.4 is 5.32 Å². The van der Waals surface area contributed by atoms with Crippen LogP contribution in [0.4, 0.5) is 0 Å². The van der Waals surface area contributed by atoms with E-state index in [0.29, 0.717) is 6.54 Å². The van der Waals surface area contributed by atoms with Crippen molar-refractivity contribution in [3.8, 4) is 0 Å². The number of likely N-dealkylation sites (N-methyl/N-ethyl adjacent to an activating group) is 1. The van der Waals surface area contributed by atoms with Crippen LogP contribution in [0.25, 0.3) is 0 Å². The quantitative estimate of drug-likeness (QED) is 0.728. The van der Waals surface area contributed by atoms with Crippen molar-refractivity contribution in [3.63, 3.8) is 0 Å². The van der Waals surface area contributed by atoms with Crippen molar-refractivity contribution in [2.24, 2.45) is 23.7 Å². The maximum atomic E-state index is 12.5. The van der Waals surface area contributed by atoms with Crippen molar-refractivity contribution < 1.29 is 9.59 Å². The summed E-state index contributed by atoms with van der Waals surface area (Å²) in [6, 6.07) is 0. The van der Waals surface area contributed by atoms with Crippen LogP contribution >= 0.6 is 11.8 Å². The van der Waals surface area contributed by atoms with Crippen molar-refractivity contribution in [1.29, 1.82) is 0 Å². The Balaban J connectivity index is 1.92. The molecule has 0 aromatic carbocycles. The van der Waals surface area contributed by atoms with E-state index in [2.05, 4.69) is 36.2 Å². The van der Waals surface area contributed by atoms with E-state index in [0.717, 1.165) is 26.1 Å². The molecule has 0 radical (unpaired) electrons. The van der Waals surface area contributed by atoms with Crippen LogP contribution in [0, 0.1) is 23.7 Å². The number of fused-ring (bicyclic) bond motifs is 2. The summed E-state index contributed by atoms with van der Waals surface area (Å²) in [7, 11) is 0. The van der Waals surface area contributed by atoms with E-state index in [9.17, 15) is 9.59 Å². The predicted molar refractivity (Wildman–Crippen MR) is 87.0 cm³/mol. The Morgan fingerprint density at radius 2 is 1.81 bits per heavy atom. The molecule has 0 aliphatic heterocycles. The summed E-state index contributed by atoms with van der Waals surface area (Å²) in [6.45, 7) is 7.78. The Bertz CT molecular complexity index is 421. The number of amides is 1. The summed E-state index contributed by atoms with van der Waals surface area (Å²) >= 11 is 1.26. The molecule has 2 rings (SSSR count). The molecule has 2 aliphatic rings. The maximum absolute atomic E-state index is 12.5. The molecule has 2 aliphatic carbocycles. The Morgan fingerprint density at radius 1 is 1.19 bits per heavy atom. The zero-order chi connectivity index (χ0) is 15.4. The van der Waals surface area contributed by atoms with Crippen LogP contribution in [-0.2, 0) is 9.59 Å². The molecule has 1 N–H and O–H groups in total. The van der Waals surface area contributed by atoms with Crippen LogP contribution in [0.5, 0.6) is 0 Å². The molecular weight excluding hydrogens is 284 g/mol. The van der Waals surface area contributed by atoms with E-state index in [4.69, 9.17) is 0 Å². The van der Waals surface area contributed by atoms with E-state index in [1.165, 1.54) is 11.8 Å². The first-order chi connectivity index (χ1) is 10.1. The highest BCUT2D eigenvalue weighted by atomic mass is 32.2. The number of rotatable bonds is 7. The SMILES string of the molecule is CCN(CC)CCNC(=O)C1C2C=CC(C2)C1C(=O)SC. The zero-order valence-electron chi connectivity index (χ0n) is 13.2. The van der Waals surface area contributed by atoms with Gasteiger partial charge in [-0.25, -0.2) is 0 Å². The smallest absolute Gasteiger partial charge is 0.224 e. The van der Waals surface area contributed by atoms with Crippen LogP contribution in [-0.4, -0.2) is 48.4 Å². The second-order valence-corrected chi connectivity index (χ2v) is 6.65. The van der Waals surface area contributed by atoms with E-state index in [1.54, 1.807) is 0 Å². The van der Waals surface area contributed by atoms with Crippen LogP contribution in [0.1, 0.15) is 20.3 Å². The standard InChI is InChI=1S/C16H26N2O2S/c1-4-18(5-2)9-8-17-15(19)13-11-6-7-12(10-11)14(13)16(20)21-3/h6-7,11-14H,4-5,8-10H2,1-3H3,(H,17,19). The molecule has 1 fully saturated rings. The van der Waals surface area contributed by atoms with Gasteiger partial charge in [0.25, 0.3) is 0 Å². The van der Waals surface area contributed by atoms with Crippen molar-refractivity contribution in [3.05, 3.63) is 12.2 Å². The molecule has 2 bridgehead atoms. The first-order valence-electron chi connectivity index (χ1n) is 7.88. The zero-order valence-corrected chi connectivity index (χ0v) is 14.0. The number of thioether (sulfide) groups is 1. The van der Waals surface area contributed by atoms with E-state index < -0.39 is 0 Å². The van der Waals surface area contributed by atoms with Gasteiger partial charge in [0.2, 0.25) is 5.91 Å². The van der Waals surface area contributed by atoms with Crippen molar-refractivity contribution in [2.75, 3.05) is 32.4 Å². The lowest BCUT2D eigenvalue weighted by Crippen LogP contribution is -2.42. The second-order valence-electron chi connectivity index (χ2n) is 5.84. The van der Waals surface area contributed by atoms with Gasteiger partial charge >= 0.3 is 0 Å². The predicted octanol–water partition coefficient (Wildman–Crippen LogP) is 1.77. The third-order valence-corrected chi connectivity index (χ3v) is 5.53. The number of nitrogens with one attached hydrogen (secondary N) is 1. The molecule has 0 heterocycles. The minimum Gasteiger partial charge on any atom is -0.355 e. The van der Waals surface area contributed by atoms with Gasteiger partial charge in [-0.1, -0.05) is 37.8 Å². The molecule has 1 saturated carbocycles. The van der Waals surface area contributed by atoms with Crippen LogP contribution in [0.3, 0.4) is 0 Å². The number of allylic oxidation sites excluding steroid dienone is 2. The molecule has 1 amide bonds. The molecule has 4 atom stereocenters. The summed E-state index contributed by atoms with van der Waals surface area (Å²) in [5, 5.41) is 3.20. The maximum Gasteiger partial charge on any atom is 0.224 e. The molecule has 21 heavy (non-hydrogen) atoms. The van der Waals surface area contributed by atoms with Crippen molar-refractivity contribution in [2.45, 2.75) is 20.3 Å². The number of nitrogens with zero attached hydrogens (tertiary/aromatic N) is 1. The Morgan fingerprint density at radius 3 is 2.38 bits per heavy atom. The third kappa shape index (κ3) is 3.51. The lowest BCUT2D eigenvalue weighted by Gasteiger charge is -2.26. The van der Waals surface area contributed by atoms with Gasteiger partial charge < -0.3 is 10.2 Å². The molecular formula is C16H26N2O2S. The highest BCUT2D eigenvalue weighted by molar-refractivity contribution is 8.13. The largest absolute Gasteiger partial charge is 0.355 e. The Kier molecular flexibility index (Phi) is 5.88. The normalized spacial score (nSPS) is 30.1. The van der Waals surface area contributed by atoms with Gasteiger partial charge in [-0.15, -0.1) is 0 Å². The van der Waals surface area contributed by atoms with Crippen molar-refractivity contribution in [1.82, 2.24) is 10.2 Å². The fraction of sp³-hybridized carbons (Fsp3) is 0.750. The topological polar surface area (TPSA) is 49.4 Å². The molecule has 0 aromatic heterocycles. The average Bonchev–Trinajstić information content (AvgIpc) is 3.11. The minimum atomic E-state index is -0.156. The van der Waals surface area contributed by atoms with Gasteiger partial charge in [0.05, 0.1) is 5.92 Å². The molecule has 4 nitrogen and oxygen atoms in total. The Labute approximate surface area is 131 Å². The fourth-order valence-corrected chi connectivity index (χ4v) is 4.23. The van der Waals surface area contributed by atoms with Crippen LogP contribution in [0.2, 0.25) is 0 Å². The van der Waals surface area contributed by atoms with Gasteiger partial charge in [-0.3, -0.25) is 9.59 Å². The monoisotopic (exact) mass is 310 g/mol. The van der Waals surface area contributed by atoms with Crippen molar-refractivity contribution >= 4 is 22.8 Å². The average molecular weight is 310 g/mol. The van der Waals surface area contributed by atoms with E-state index in [-0.39, 0.29) is 34.7 Å². The lowest BCUT2D eigenvalue weighted by molar-refractivity contribution is -0.130. The lowest BCUT2D eigenvalue weighted by atomic mass is 9.83. The first-order valence-corrected chi connectivity index (χ1v) is 9.11. The van der Waals surface area contributed by atoms with Gasteiger partial charge in [0.1, 0.15) is 0 Å². The summed E-state index contributed by atoms with van der Waals surface area (Å²) in [5.41, 5.74) is 0. The number of hydrogen-bond donors (Lipinski definition) is 1. The number of carbonyl (C=O) groups is 2. The molecule has 4 unspecified atom stereocenters. The molecule has 0 aromatic rings. The fourth-order valence-electron chi connectivity index (χ4n) is 3.63. The highest BCUT2D eigenvalue weighted by Crippen LogP contribution is 2.49.